The number of benzene rings is 1. The predicted octanol–water partition coefficient (Wildman–Crippen LogP) is 2.11. The van der Waals surface area contributed by atoms with Gasteiger partial charge in [0, 0.05) is 12.1 Å². The summed E-state index contributed by atoms with van der Waals surface area (Å²) in [6.45, 7) is 1.32. The fourth-order valence-corrected chi connectivity index (χ4v) is 1.34. The first kappa shape index (κ1) is 15.4. The van der Waals surface area contributed by atoms with Crippen LogP contribution < -0.4 is 0 Å². The van der Waals surface area contributed by atoms with Crippen LogP contribution in [0.4, 0.5) is 10.5 Å². The van der Waals surface area contributed by atoms with E-state index in [1.54, 1.807) is 0 Å². The van der Waals surface area contributed by atoms with Crippen LogP contribution in [-0.4, -0.2) is 28.3 Å². The van der Waals surface area contributed by atoms with E-state index in [9.17, 15) is 19.7 Å². The van der Waals surface area contributed by atoms with Crippen molar-refractivity contribution in [2.45, 2.75) is 26.1 Å². The fraction of sp³-hybridized carbons (Fsp3) is 0.333. The SMILES string of the molecule is CC(CC(=O)O)OC(=O)OCc1ccc([N+](=O)[O-])cc1. The van der Waals surface area contributed by atoms with Crippen LogP contribution in [0.5, 0.6) is 0 Å². The lowest BCUT2D eigenvalue weighted by atomic mass is 10.2. The van der Waals surface area contributed by atoms with Crippen LogP contribution in [0, 0.1) is 10.1 Å². The molecule has 0 saturated heterocycles. The van der Waals surface area contributed by atoms with E-state index < -0.39 is 23.2 Å². The van der Waals surface area contributed by atoms with Crippen molar-refractivity contribution in [3.8, 4) is 0 Å². The Morgan fingerprint density at radius 2 is 1.95 bits per heavy atom. The molecule has 0 aliphatic carbocycles. The van der Waals surface area contributed by atoms with Crippen molar-refractivity contribution in [1.29, 1.82) is 0 Å². The van der Waals surface area contributed by atoms with Crippen LogP contribution >= 0.6 is 0 Å². The average molecular weight is 283 g/mol. The first-order valence-electron chi connectivity index (χ1n) is 5.67. The molecule has 1 aromatic rings. The van der Waals surface area contributed by atoms with Gasteiger partial charge >= 0.3 is 12.1 Å². The number of nitro groups is 1. The average Bonchev–Trinajstić information content (AvgIpc) is 2.35. The number of rotatable bonds is 6. The Morgan fingerprint density at radius 1 is 1.35 bits per heavy atom. The molecule has 0 aliphatic rings. The van der Waals surface area contributed by atoms with Crippen molar-refractivity contribution in [2.24, 2.45) is 0 Å². The van der Waals surface area contributed by atoms with Crippen LogP contribution in [-0.2, 0) is 20.9 Å². The molecule has 8 nitrogen and oxygen atoms in total. The summed E-state index contributed by atoms with van der Waals surface area (Å²) in [5, 5.41) is 18.9. The number of hydrogen-bond donors (Lipinski definition) is 1. The van der Waals surface area contributed by atoms with E-state index in [1.807, 2.05) is 0 Å². The Balaban J connectivity index is 2.40. The lowest BCUT2D eigenvalue weighted by molar-refractivity contribution is -0.384. The van der Waals surface area contributed by atoms with E-state index in [0.29, 0.717) is 5.56 Å². The second kappa shape index (κ2) is 7.07. The van der Waals surface area contributed by atoms with E-state index in [2.05, 4.69) is 0 Å². The Morgan fingerprint density at radius 3 is 2.45 bits per heavy atom. The van der Waals surface area contributed by atoms with Crippen LogP contribution in [0.25, 0.3) is 0 Å². The second-order valence-corrected chi connectivity index (χ2v) is 3.99. The molecule has 0 aliphatic heterocycles. The van der Waals surface area contributed by atoms with Gasteiger partial charge in [0.25, 0.3) is 5.69 Å². The monoisotopic (exact) mass is 283 g/mol. The largest absolute Gasteiger partial charge is 0.508 e. The Hall–Kier alpha value is -2.64. The van der Waals surface area contributed by atoms with Gasteiger partial charge in [0.15, 0.2) is 0 Å². The summed E-state index contributed by atoms with van der Waals surface area (Å²) in [6.07, 6.45) is -2.10. The highest BCUT2D eigenvalue weighted by atomic mass is 16.7. The number of carboxylic acids is 1. The van der Waals surface area contributed by atoms with Gasteiger partial charge < -0.3 is 14.6 Å². The maximum atomic E-state index is 11.2. The minimum Gasteiger partial charge on any atom is -0.481 e. The molecule has 0 bridgehead atoms. The molecular formula is C12H13NO7. The first-order valence-corrected chi connectivity index (χ1v) is 5.67. The number of nitro benzene ring substituents is 1. The zero-order valence-electron chi connectivity index (χ0n) is 10.6. The summed E-state index contributed by atoms with van der Waals surface area (Å²) >= 11 is 0. The second-order valence-electron chi connectivity index (χ2n) is 3.99. The summed E-state index contributed by atoms with van der Waals surface area (Å²) in [7, 11) is 0. The van der Waals surface area contributed by atoms with Gasteiger partial charge in [0.05, 0.1) is 11.3 Å². The molecule has 8 heteroatoms. The molecule has 0 fully saturated rings. The molecule has 0 aromatic heterocycles. The van der Waals surface area contributed by atoms with Crippen molar-refractivity contribution >= 4 is 17.8 Å². The topological polar surface area (TPSA) is 116 Å². The zero-order chi connectivity index (χ0) is 15.1. The summed E-state index contributed by atoms with van der Waals surface area (Å²) < 4.78 is 9.45. The van der Waals surface area contributed by atoms with Crippen LogP contribution in [0.3, 0.4) is 0 Å². The van der Waals surface area contributed by atoms with Crippen molar-refractivity contribution in [3.63, 3.8) is 0 Å². The number of hydrogen-bond acceptors (Lipinski definition) is 6. The highest BCUT2D eigenvalue weighted by molar-refractivity contribution is 5.68. The Kier molecular flexibility index (Phi) is 5.45. The number of nitrogens with zero attached hydrogens (tertiary/aromatic N) is 1. The lowest BCUT2D eigenvalue weighted by Crippen LogP contribution is -2.19. The van der Waals surface area contributed by atoms with E-state index in [0.717, 1.165) is 0 Å². The van der Waals surface area contributed by atoms with Crippen LogP contribution in [0.1, 0.15) is 18.9 Å². The number of carboxylic acid groups (broad SMARTS) is 1. The van der Waals surface area contributed by atoms with Gasteiger partial charge in [-0.05, 0) is 24.6 Å². The highest BCUT2D eigenvalue weighted by Crippen LogP contribution is 2.13. The van der Waals surface area contributed by atoms with Gasteiger partial charge in [-0.2, -0.15) is 0 Å². The number of non-ortho nitro benzene ring substituents is 1. The van der Waals surface area contributed by atoms with Gasteiger partial charge in [0.1, 0.15) is 12.7 Å². The number of carbonyl (C=O) groups excluding carboxylic acids is 1. The molecule has 0 spiro atoms. The Bertz CT molecular complexity index is 497. The van der Waals surface area contributed by atoms with Gasteiger partial charge in [-0.3, -0.25) is 14.9 Å². The predicted molar refractivity (Wildman–Crippen MR) is 66.1 cm³/mol. The molecule has 108 valence electrons. The van der Waals surface area contributed by atoms with Crippen molar-refractivity contribution in [1.82, 2.24) is 0 Å². The van der Waals surface area contributed by atoms with E-state index >= 15 is 0 Å². The lowest BCUT2D eigenvalue weighted by Gasteiger charge is -2.11. The maximum Gasteiger partial charge on any atom is 0.508 e. The van der Waals surface area contributed by atoms with E-state index in [1.165, 1.54) is 31.2 Å². The number of aliphatic carboxylic acids is 1. The molecule has 1 rings (SSSR count). The molecular weight excluding hydrogens is 270 g/mol. The van der Waals surface area contributed by atoms with Gasteiger partial charge in [0.2, 0.25) is 0 Å². The van der Waals surface area contributed by atoms with Crippen LogP contribution in [0.15, 0.2) is 24.3 Å². The molecule has 1 atom stereocenters. The summed E-state index contributed by atoms with van der Waals surface area (Å²) in [6, 6.07) is 5.48. The molecule has 1 aromatic carbocycles. The molecule has 0 saturated carbocycles. The highest BCUT2D eigenvalue weighted by Gasteiger charge is 2.14. The number of ether oxygens (including phenoxy) is 2. The van der Waals surface area contributed by atoms with Crippen molar-refractivity contribution in [3.05, 3.63) is 39.9 Å². The standard InChI is InChI=1S/C12H13NO7/c1-8(6-11(14)15)20-12(16)19-7-9-2-4-10(5-3-9)13(17)18/h2-5,8H,6-7H2,1H3,(H,14,15). The fourth-order valence-electron chi connectivity index (χ4n) is 1.34. The van der Waals surface area contributed by atoms with Crippen molar-refractivity contribution < 1.29 is 29.1 Å². The van der Waals surface area contributed by atoms with Crippen molar-refractivity contribution in [2.75, 3.05) is 0 Å². The third kappa shape index (κ3) is 5.34. The van der Waals surface area contributed by atoms with E-state index in [4.69, 9.17) is 14.6 Å². The summed E-state index contributed by atoms with van der Waals surface area (Å²) in [4.78, 5) is 31.5. The molecule has 0 amide bonds. The zero-order valence-corrected chi connectivity index (χ0v) is 10.6. The molecule has 0 radical (unpaired) electrons. The third-order valence-electron chi connectivity index (χ3n) is 2.26. The molecule has 1 unspecified atom stereocenters. The quantitative estimate of drug-likeness (QED) is 0.482. The van der Waals surface area contributed by atoms with Gasteiger partial charge in [-0.1, -0.05) is 0 Å². The Labute approximate surface area is 114 Å². The normalized spacial score (nSPS) is 11.4. The van der Waals surface area contributed by atoms with E-state index in [-0.39, 0.29) is 18.7 Å². The summed E-state index contributed by atoms with van der Waals surface area (Å²) in [5.74, 6) is -1.08. The third-order valence-corrected chi connectivity index (χ3v) is 2.26. The smallest absolute Gasteiger partial charge is 0.481 e. The molecule has 20 heavy (non-hydrogen) atoms. The minimum absolute atomic E-state index is 0.0635. The van der Waals surface area contributed by atoms with Gasteiger partial charge in [-0.25, -0.2) is 4.79 Å². The first-order chi connectivity index (χ1) is 9.38. The molecule has 0 heterocycles. The molecule has 1 N–H and O–H groups in total. The van der Waals surface area contributed by atoms with Gasteiger partial charge in [-0.15, -0.1) is 0 Å². The summed E-state index contributed by atoms with van der Waals surface area (Å²) in [5.41, 5.74) is 0.491. The van der Waals surface area contributed by atoms with Crippen LogP contribution in [0.2, 0.25) is 0 Å². The minimum atomic E-state index is -1.08. The number of carbonyl (C=O) groups is 2. The maximum absolute atomic E-state index is 11.2.